The molecule has 3 heterocycles. The standard InChI is InChI=1S/C18H19F4N5O4S/c19-17(20)31-12-9-13(15(25-10-12)27-6-1-3-18(21,22)4-7-27)16(28)26-11-2-5-24-14(8-11)32(23,29)30/h2,5,8-10,17H,1,3-4,6-7H2,(H2,23,29,30)(H,24,26,28). The number of carbonyl (C=O) groups is 1. The number of pyridine rings is 2. The smallest absolute Gasteiger partial charge is 0.387 e. The van der Waals surface area contributed by atoms with Crippen molar-refractivity contribution in [2.75, 3.05) is 23.3 Å². The molecule has 0 bridgehead atoms. The van der Waals surface area contributed by atoms with Crippen LogP contribution in [0.2, 0.25) is 0 Å². The molecule has 0 aromatic carbocycles. The molecule has 1 aliphatic rings. The topological polar surface area (TPSA) is 128 Å². The van der Waals surface area contributed by atoms with Crippen molar-refractivity contribution in [1.82, 2.24) is 9.97 Å². The number of nitrogens with one attached hydrogen (secondary N) is 1. The van der Waals surface area contributed by atoms with Crippen LogP contribution in [0.25, 0.3) is 0 Å². The molecule has 0 radical (unpaired) electrons. The van der Waals surface area contributed by atoms with Crippen molar-refractivity contribution in [2.45, 2.75) is 36.8 Å². The molecular weight excluding hydrogens is 458 g/mol. The Morgan fingerprint density at radius 1 is 1.22 bits per heavy atom. The summed E-state index contributed by atoms with van der Waals surface area (Å²) in [4.78, 5) is 22.0. The van der Waals surface area contributed by atoms with Crippen molar-refractivity contribution in [1.29, 1.82) is 0 Å². The van der Waals surface area contributed by atoms with E-state index in [1.54, 1.807) is 0 Å². The maximum absolute atomic E-state index is 13.7. The molecule has 3 N–H and O–H groups in total. The summed E-state index contributed by atoms with van der Waals surface area (Å²) >= 11 is 0. The number of alkyl halides is 4. The first kappa shape index (κ1) is 23.7. The second-order valence-electron chi connectivity index (χ2n) is 7.00. The van der Waals surface area contributed by atoms with E-state index in [9.17, 15) is 30.8 Å². The molecule has 0 saturated carbocycles. The maximum atomic E-state index is 13.7. The lowest BCUT2D eigenvalue weighted by molar-refractivity contribution is -0.0501. The highest BCUT2D eigenvalue weighted by molar-refractivity contribution is 7.89. The minimum atomic E-state index is -4.14. The quantitative estimate of drug-likeness (QED) is 0.612. The van der Waals surface area contributed by atoms with Gasteiger partial charge in [-0.2, -0.15) is 8.78 Å². The summed E-state index contributed by atoms with van der Waals surface area (Å²) in [5, 5.41) is 6.93. The minimum Gasteiger partial charge on any atom is -0.433 e. The third kappa shape index (κ3) is 6.03. The lowest BCUT2D eigenvalue weighted by Gasteiger charge is -2.24. The third-order valence-electron chi connectivity index (χ3n) is 4.61. The fraction of sp³-hybridized carbons (Fsp3) is 0.389. The first-order valence-corrected chi connectivity index (χ1v) is 10.9. The van der Waals surface area contributed by atoms with Crippen molar-refractivity contribution in [3.05, 3.63) is 36.2 Å². The summed E-state index contributed by atoms with van der Waals surface area (Å²) in [6.45, 7) is -3.11. The van der Waals surface area contributed by atoms with Gasteiger partial charge in [-0.15, -0.1) is 0 Å². The van der Waals surface area contributed by atoms with E-state index in [1.165, 1.54) is 11.0 Å². The zero-order valence-corrected chi connectivity index (χ0v) is 17.3. The molecule has 9 nitrogen and oxygen atoms in total. The van der Waals surface area contributed by atoms with E-state index in [4.69, 9.17) is 5.14 Å². The second-order valence-corrected chi connectivity index (χ2v) is 8.51. The van der Waals surface area contributed by atoms with Crippen molar-refractivity contribution >= 4 is 27.4 Å². The van der Waals surface area contributed by atoms with Gasteiger partial charge >= 0.3 is 6.61 Å². The van der Waals surface area contributed by atoms with Crippen molar-refractivity contribution in [3.8, 4) is 5.75 Å². The van der Waals surface area contributed by atoms with E-state index >= 15 is 0 Å². The number of nitrogens with zero attached hydrogens (tertiary/aromatic N) is 3. The third-order valence-corrected chi connectivity index (χ3v) is 5.42. The van der Waals surface area contributed by atoms with Crippen LogP contribution in [0.1, 0.15) is 29.6 Å². The number of sulfonamides is 1. The van der Waals surface area contributed by atoms with Crippen LogP contribution in [0.4, 0.5) is 29.1 Å². The van der Waals surface area contributed by atoms with Crippen LogP contribution in [0.5, 0.6) is 5.75 Å². The highest BCUT2D eigenvalue weighted by Gasteiger charge is 2.33. The Labute approximate surface area is 180 Å². The first-order valence-electron chi connectivity index (χ1n) is 9.32. The molecule has 1 saturated heterocycles. The lowest BCUT2D eigenvalue weighted by Crippen LogP contribution is -2.29. The van der Waals surface area contributed by atoms with Crippen LogP contribution in [-0.2, 0) is 10.0 Å². The fourth-order valence-electron chi connectivity index (χ4n) is 3.14. The number of aromatic nitrogens is 2. The van der Waals surface area contributed by atoms with Gasteiger partial charge in [-0.05, 0) is 18.6 Å². The van der Waals surface area contributed by atoms with E-state index in [0.29, 0.717) is 0 Å². The van der Waals surface area contributed by atoms with Gasteiger partial charge < -0.3 is 15.0 Å². The number of carbonyl (C=O) groups excluding carboxylic acids is 1. The average molecular weight is 477 g/mol. The highest BCUT2D eigenvalue weighted by Crippen LogP contribution is 2.32. The number of hydrogen-bond donors (Lipinski definition) is 2. The van der Waals surface area contributed by atoms with Gasteiger partial charge in [0.25, 0.3) is 15.9 Å². The predicted molar refractivity (Wildman–Crippen MR) is 105 cm³/mol. The molecule has 14 heteroatoms. The van der Waals surface area contributed by atoms with Crippen LogP contribution in [0.15, 0.2) is 35.6 Å². The van der Waals surface area contributed by atoms with E-state index in [2.05, 4.69) is 20.0 Å². The predicted octanol–water partition coefficient (Wildman–Crippen LogP) is 2.60. The highest BCUT2D eigenvalue weighted by atomic mass is 32.2. The Balaban J connectivity index is 1.94. The molecule has 1 amide bonds. The molecular formula is C18H19F4N5O4S. The van der Waals surface area contributed by atoms with E-state index in [0.717, 1.165) is 24.5 Å². The number of halogens is 4. The Kier molecular flexibility index (Phi) is 6.83. The lowest BCUT2D eigenvalue weighted by atomic mass is 10.1. The van der Waals surface area contributed by atoms with E-state index in [1.807, 2.05) is 0 Å². The zero-order valence-electron chi connectivity index (χ0n) is 16.5. The molecule has 174 valence electrons. The summed E-state index contributed by atoms with van der Waals surface area (Å²) < 4.78 is 80.0. The number of amides is 1. The second kappa shape index (κ2) is 9.24. The maximum Gasteiger partial charge on any atom is 0.387 e. The molecule has 3 rings (SSSR count). The van der Waals surface area contributed by atoms with Gasteiger partial charge in [0, 0.05) is 43.9 Å². The van der Waals surface area contributed by atoms with E-state index < -0.39 is 45.7 Å². The zero-order chi connectivity index (χ0) is 23.5. The summed E-state index contributed by atoms with van der Waals surface area (Å²) in [5.74, 6) is -4.12. The Morgan fingerprint density at radius 3 is 2.66 bits per heavy atom. The fourth-order valence-corrected chi connectivity index (χ4v) is 3.64. The SMILES string of the molecule is NS(=O)(=O)c1cc(NC(=O)c2cc(OC(F)F)cnc2N2CCCC(F)(F)CC2)ccn1. The summed E-state index contributed by atoms with van der Waals surface area (Å²) in [7, 11) is -4.14. The van der Waals surface area contributed by atoms with Crippen LogP contribution >= 0.6 is 0 Å². The Hall–Kier alpha value is -3.00. The van der Waals surface area contributed by atoms with Gasteiger partial charge in [-0.1, -0.05) is 0 Å². The van der Waals surface area contributed by atoms with Crippen molar-refractivity contribution < 1.29 is 35.5 Å². The van der Waals surface area contributed by atoms with Crippen LogP contribution in [0, 0.1) is 0 Å². The summed E-state index contributed by atoms with van der Waals surface area (Å²) in [6.07, 6.45) is 1.40. The molecule has 0 atom stereocenters. The van der Waals surface area contributed by atoms with Crippen LogP contribution in [-0.4, -0.2) is 49.9 Å². The number of ether oxygens (including phenoxy) is 1. The normalized spacial score (nSPS) is 16.5. The Morgan fingerprint density at radius 2 is 1.97 bits per heavy atom. The molecule has 0 spiro atoms. The minimum absolute atomic E-state index is 0.00235. The number of rotatable bonds is 6. The molecule has 2 aromatic rings. The van der Waals surface area contributed by atoms with Gasteiger partial charge in [0.1, 0.15) is 11.6 Å². The van der Waals surface area contributed by atoms with Gasteiger partial charge in [-0.25, -0.2) is 32.3 Å². The van der Waals surface area contributed by atoms with Gasteiger partial charge in [0.05, 0.1) is 11.8 Å². The van der Waals surface area contributed by atoms with Gasteiger partial charge in [0.2, 0.25) is 5.92 Å². The van der Waals surface area contributed by atoms with Gasteiger partial charge in [0.15, 0.2) is 5.03 Å². The molecule has 1 aliphatic heterocycles. The number of anilines is 2. The molecule has 0 aliphatic carbocycles. The largest absolute Gasteiger partial charge is 0.433 e. The van der Waals surface area contributed by atoms with E-state index in [-0.39, 0.29) is 43.0 Å². The van der Waals surface area contributed by atoms with Crippen molar-refractivity contribution in [3.63, 3.8) is 0 Å². The molecule has 0 unspecified atom stereocenters. The van der Waals surface area contributed by atoms with Gasteiger partial charge in [-0.3, -0.25) is 4.79 Å². The molecule has 32 heavy (non-hydrogen) atoms. The first-order chi connectivity index (χ1) is 14.9. The molecule has 1 fully saturated rings. The monoisotopic (exact) mass is 477 g/mol. The van der Waals surface area contributed by atoms with Crippen LogP contribution < -0.4 is 20.1 Å². The number of nitrogens with two attached hydrogens (primary N) is 1. The molecule has 2 aromatic heterocycles. The average Bonchev–Trinajstić information content (AvgIpc) is 2.87. The summed E-state index contributed by atoms with van der Waals surface area (Å²) in [5.41, 5.74) is -0.218. The number of hydrogen-bond acceptors (Lipinski definition) is 7. The summed E-state index contributed by atoms with van der Waals surface area (Å²) in [6, 6.07) is 3.30. The number of primary sulfonamides is 1. The van der Waals surface area contributed by atoms with Crippen LogP contribution in [0.3, 0.4) is 0 Å². The van der Waals surface area contributed by atoms with Crippen molar-refractivity contribution in [2.24, 2.45) is 5.14 Å². The Bertz CT molecular complexity index is 1100.